The van der Waals surface area contributed by atoms with Gasteiger partial charge in [0.05, 0.1) is 0 Å². The summed E-state index contributed by atoms with van der Waals surface area (Å²) in [7, 11) is 0. The maximum absolute atomic E-state index is 11.6. The summed E-state index contributed by atoms with van der Waals surface area (Å²) in [6.07, 6.45) is 4.63. The number of esters is 2. The van der Waals surface area contributed by atoms with Crippen molar-refractivity contribution < 1.29 is 29.3 Å². The van der Waals surface area contributed by atoms with Gasteiger partial charge in [-0.15, -0.1) is 0 Å². The zero-order chi connectivity index (χ0) is 16.6. The molecule has 2 atom stereocenters. The summed E-state index contributed by atoms with van der Waals surface area (Å²) in [4.78, 5) is 23.1. The van der Waals surface area contributed by atoms with E-state index in [-0.39, 0.29) is 19.4 Å². The fraction of sp³-hybridized carbons (Fsp3) is 0.750. The van der Waals surface area contributed by atoms with Crippen LogP contribution in [0.5, 0.6) is 0 Å². The first-order chi connectivity index (χ1) is 10.4. The molecule has 1 heterocycles. The van der Waals surface area contributed by atoms with Gasteiger partial charge in [-0.1, -0.05) is 33.1 Å². The van der Waals surface area contributed by atoms with Crippen molar-refractivity contribution in [3.05, 3.63) is 12.2 Å². The van der Waals surface area contributed by atoms with Crippen LogP contribution in [0.25, 0.3) is 0 Å². The highest BCUT2D eigenvalue weighted by Gasteiger charge is 2.43. The molecule has 0 amide bonds. The Hall–Kier alpha value is -1.40. The minimum atomic E-state index is -1.89. The summed E-state index contributed by atoms with van der Waals surface area (Å²) in [6, 6.07) is 0. The van der Waals surface area contributed by atoms with E-state index in [1.165, 1.54) is 0 Å². The number of hydrogen-bond donors (Lipinski definition) is 2. The maximum atomic E-state index is 11.6. The second-order valence-corrected chi connectivity index (χ2v) is 6.03. The van der Waals surface area contributed by atoms with Crippen molar-refractivity contribution in [2.24, 2.45) is 5.92 Å². The Morgan fingerprint density at radius 2 is 1.86 bits per heavy atom. The van der Waals surface area contributed by atoms with Gasteiger partial charge in [0.15, 0.2) is 6.10 Å². The molecule has 1 aliphatic rings. The molecule has 2 N–H and O–H groups in total. The molecule has 0 aromatic rings. The van der Waals surface area contributed by atoms with Gasteiger partial charge in [0.1, 0.15) is 0 Å². The molecule has 22 heavy (non-hydrogen) atoms. The van der Waals surface area contributed by atoms with Gasteiger partial charge in [-0.05, 0) is 12.3 Å². The lowest BCUT2D eigenvalue weighted by Crippen LogP contribution is -2.49. The molecule has 0 bridgehead atoms. The molecule has 0 saturated carbocycles. The molecule has 2 unspecified atom stereocenters. The number of aliphatic hydroxyl groups excluding tert-OH is 1. The number of cyclic esters (lactones) is 2. The minimum absolute atomic E-state index is 0.00928. The zero-order valence-electron chi connectivity index (χ0n) is 13.3. The van der Waals surface area contributed by atoms with Crippen LogP contribution in [0.15, 0.2) is 12.2 Å². The van der Waals surface area contributed by atoms with Gasteiger partial charge in [0.25, 0.3) is 0 Å². The first-order valence-corrected chi connectivity index (χ1v) is 7.82. The number of carbonyl (C=O) groups is 2. The number of ether oxygens (including phenoxy) is 2. The Labute approximate surface area is 131 Å². The van der Waals surface area contributed by atoms with Crippen molar-refractivity contribution in [1.29, 1.82) is 0 Å². The van der Waals surface area contributed by atoms with E-state index in [1.54, 1.807) is 0 Å². The molecule has 0 saturated heterocycles. The summed E-state index contributed by atoms with van der Waals surface area (Å²) in [5, 5.41) is 19.7. The molecule has 0 fully saturated rings. The molecular formula is C16H26O6. The fourth-order valence-electron chi connectivity index (χ4n) is 2.40. The topological polar surface area (TPSA) is 93.1 Å². The molecule has 6 heteroatoms. The molecule has 1 aliphatic heterocycles. The Morgan fingerprint density at radius 1 is 1.18 bits per heavy atom. The van der Waals surface area contributed by atoms with Gasteiger partial charge < -0.3 is 19.7 Å². The van der Waals surface area contributed by atoms with E-state index in [2.05, 4.69) is 13.8 Å². The lowest BCUT2D eigenvalue weighted by atomic mass is 9.97. The number of aliphatic hydroxyl groups is 2. The van der Waals surface area contributed by atoms with E-state index in [1.807, 2.05) is 0 Å². The number of unbranched alkanes of at least 4 members (excludes halogenated alkanes) is 2. The smallest absolute Gasteiger partial charge is 0.333 e. The summed E-state index contributed by atoms with van der Waals surface area (Å²) >= 11 is 0. The fourth-order valence-corrected chi connectivity index (χ4v) is 2.40. The van der Waals surface area contributed by atoms with E-state index in [9.17, 15) is 14.7 Å². The van der Waals surface area contributed by atoms with Crippen molar-refractivity contribution in [3.8, 4) is 0 Å². The average molecular weight is 314 g/mol. The van der Waals surface area contributed by atoms with Crippen LogP contribution < -0.4 is 0 Å². The Bertz CT molecular complexity index is 403. The largest absolute Gasteiger partial charge is 0.452 e. The van der Waals surface area contributed by atoms with Crippen LogP contribution >= 0.6 is 0 Å². The van der Waals surface area contributed by atoms with Gasteiger partial charge in [-0.25, -0.2) is 9.59 Å². The Balaban J connectivity index is 2.67. The van der Waals surface area contributed by atoms with Crippen LogP contribution in [0, 0.1) is 5.92 Å². The van der Waals surface area contributed by atoms with Crippen molar-refractivity contribution in [1.82, 2.24) is 0 Å². The van der Waals surface area contributed by atoms with E-state index in [0.717, 1.165) is 31.4 Å². The van der Waals surface area contributed by atoms with Gasteiger partial charge >= 0.3 is 11.9 Å². The van der Waals surface area contributed by atoms with Crippen LogP contribution in [0.1, 0.15) is 52.4 Å². The SMILES string of the molecule is CC(C)CCCCCC1(O)OC(=O)/C=C\C(=O)OC1CCO. The normalized spacial score (nSPS) is 27.0. The monoisotopic (exact) mass is 314 g/mol. The van der Waals surface area contributed by atoms with Crippen molar-refractivity contribution >= 4 is 11.9 Å². The third kappa shape index (κ3) is 6.15. The van der Waals surface area contributed by atoms with E-state index in [0.29, 0.717) is 12.3 Å². The average Bonchev–Trinajstić information content (AvgIpc) is 2.43. The Kier molecular flexibility index (Phi) is 7.55. The van der Waals surface area contributed by atoms with E-state index < -0.39 is 23.8 Å². The molecule has 126 valence electrons. The number of rotatable bonds is 8. The van der Waals surface area contributed by atoms with Crippen LogP contribution in [0.4, 0.5) is 0 Å². The van der Waals surface area contributed by atoms with Gasteiger partial charge in [0.2, 0.25) is 5.79 Å². The Morgan fingerprint density at radius 3 is 2.50 bits per heavy atom. The van der Waals surface area contributed by atoms with Crippen molar-refractivity contribution in [3.63, 3.8) is 0 Å². The van der Waals surface area contributed by atoms with E-state index in [4.69, 9.17) is 14.6 Å². The summed E-state index contributed by atoms with van der Waals surface area (Å²) < 4.78 is 10.1. The highest BCUT2D eigenvalue weighted by atomic mass is 16.7. The second-order valence-electron chi connectivity index (χ2n) is 6.03. The van der Waals surface area contributed by atoms with Crippen LogP contribution in [0.2, 0.25) is 0 Å². The minimum Gasteiger partial charge on any atom is -0.452 e. The highest BCUT2D eigenvalue weighted by Crippen LogP contribution is 2.28. The molecular weight excluding hydrogens is 288 g/mol. The molecule has 6 nitrogen and oxygen atoms in total. The zero-order valence-corrected chi connectivity index (χ0v) is 13.3. The summed E-state index contributed by atoms with van der Waals surface area (Å²) in [5.74, 6) is -2.79. The van der Waals surface area contributed by atoms with Gasteiger partial charge in [0, 0.05) is 31.6 Å². The third-order valence-corrected chi connectivity index (χ3v) is 3.60. The molecule has 0 aliphatic carbocycles. The third-order valence-electron chi connectivity index (χ3n) is 3.60. The van der Waals surface area contributed by atoms with Crippen LogP contribution in [0.3, 0.4) is 0 Å². The van der Waals surface area contributed by atoms with Crippen molar-refractivity contribution in [2.45, 2.75) is 64.3 Å². The number of hydrogen-bond acceptors (Lipinski definition) is 6. The predicted molar refractivity (Wildman–Crippen MR) is 79.7 cm³/mol. The van der Waals surface area contributed by atoms with Crippen molar-refractivity contribution in [2.75, 3.05) is 6.61 Å². The number of carbonyl (C=O) groups excluding carboxylic acids is 2. The summed E-state index contributed by atoms with van der Waals surface area (Å²) in [5.41, 5.74) is 0. The van der Waals surface area contributed by atoms with Gasteiger partial charge in [-0.3, -0.25) is 0 Å². The van der Waals surface area contributed by atoms with E-state index >= 15 is 0 Å². The molecule has 0 spiro atoms. The first-order valence-electron chi connectivity index (χ1n) is 7.82. The molecule has 0 aromatic heterocycles. The lowest BCUT2D eigenvalue weighted by Gasteiger charge is -2.35. The lowest BCUT2D eigenvalue weighted by molar-refractivity contribution is -0.256. The predicted octanol–water partition coefficient (Wildman–Crippen LogP) is 1.69. The summed E-state index contributed by atoms with van der Waals surface area (Å²) in [6.45, 7) is 4.01. The molecule has 1 rings (SSSR count). The quantitative estimate of drug-likeness (QED) is 0.523. The maximum Gasteiger partial charge on any atom is 0.333 e. The molecule has 0 aromatic carbocycles. The van der Waals surface area contributed by atoms with Gasteiger partial charge in [-0.2, -0.15) is 0 Å². The highest BCUT2D eigenvalue weighted by molar-refractivity contribution is 5.92. The second kappa shape index (κ2) is 8.90. The van der Waals surface area contributed by atoms with Crippen LogP contribution in [-0.4, -0.2) is 40.6 Å². The van der Waals surface area contributed by atoms with Crippen LogP contribution in [-0.2, 0) is 19.1 Å². The first kappa shape index (κ1) is 18.6. The standard InChI is InChI=1S/C16H26O6/c1-12(2)6-4-3-5-10-16(20)13(9-11-17)21-14(18)7-8-15(19)22-16/h7-8,12-13,17,20H,3-6,9-11H2,1-2H3/b8-7-. The molecule has 0 radical (unpaired) electrons.